The first kappa shape index (κ1) is 23.5. The highest BCUT2D eigenvalue weighted by molar-refractivity contribution is 6.05. The third-order valence-corrected chi connectivity index (χ3v) is 6.07. The standard InChI is InChI=1S/C26H30N4O4/c1-3-10-29-11-13-30(14-12-29)24-17-22(26(32)33)21-16-19(6-9-23(21)28-24)27-25(31)15-18-4-7-20(34-2)8-5-18/h4-9,16-17H,3,10-15H2,1-2H3,(H,27,31)(H,32,33). The number of hydrogen-bond acceptors (Lipinski definition) is 6. The van der Waals surface area contributed by atoms with E-state index in [0.717, 1.165) is 50.5 Å². The fourth-order valence-electron chi connectivity index (χ4n) is 4.28. The van der Waals surface area contributed by atoms with Crippen molar-refractivity contribution in [3.05, 3.63) is 59.7 Å². The predicted octanol–water partition coefficient (Wildman–Crippen LogP) is 3.65. The average Bonchev–Trinajstić information content (AvgIpc) is 2.84. The third kappa shape index (κ3) is 5.46. The van der Waals surface area contributed by atoms with Crippen LogP contribution in [0.3, 0.4) is 0 Å². The maximum absolute atomic E-state index is 12.5. The van der Waals surface area contributed by atoms with E-state index in [-0.39, 0.29) is 17.9 Å². The van der Waals surface area contributed by atoms with Gasteiger partial charge in [0, 0.05) is 37.3 Å². The van der Waals surface area contributed by atoms with Crippen LogP contribution in [0.15, 0.2) is 48.5 Å². The second kappa shape index (κ2) is 10.5. The molecule has 1 aliphatic heterocycles. The Hall–Kier alpha value is -3.65. The number of aromatic nitrogens is 1. The SMILES string of the molecule is CCCN1CCN(c2cc(C(=O)O)c3cc(NC(=O)Cc4ccc(OC)cc4)ccc3n2)CC1. The van der Waals surface area contributed by atoms with Gasteiger partial charge in [-0.05, 0) is 54.9 Å². The van der Waals surface area contributed by atoms with Crippen molar-refractivity contribution < 1.29 is 19.4 Å². The van der Waals surface area contributed by atoms with Gasteiger partial charge in [-0.25, -0.2) is 9.78 Å². The van der Waals surface area contributed by atoms with E-state index in [1.54, 1.807) is 31.4 Å². The molecule has 178 valence electrons. The summed E-state index contributed by atoms with van der Waals surface area (Å²) in [5, 5.41) is 13.2. The number of aromatic carboxylic acids is 1. The number of amides is 1. The molecule has 0 spiro atoms. The number of nitrogens with one attached hydrogen (secondary N) is 1. The fourth-order valence-corrected chi connectivity index (χ4v) is 4.28. The Morgan fingerprint density at radius 2 is 1.79 bits per heavy atom. The fraction of sp³-hybridized carbons (Fsp3) is 0.346. The molecule has 1 fully saturated rings. The van der Waals surface area contributed by atoms with Crippen molar-refractivity contribution in [1.82, 2.24) is 9.88 Å². The van der Waals surface area contributed by atoms with E-state index in [0.29, 0.717) is 22.4 Å². The zero-order valence-electron chi connectivity index (χ0n) is 19.6. The summed E-state index contributed by atoms with van der Waals surface area (Å²) >= 11 is 0. The van der Waals surface area contributed by atoms with Crippen LogP contribution in [0.1, 0.15) is 29.3 Å². The monoisotopic (exact) mass is 462 g/mol. The maximum atomic E-state index is 12.5. The van der Waals surface area contributed by atoms with Crippen molar-refractivity contribution >= 4 is 34.3 Å². The first-order valence-electron chi connectivity index (χ1n) is 11.5. The van der Waals surface area contributed by atoms with Crippen LogP contribution in [0.5, 0.6) is 5.75 Å². The topological polar surface area (TPSA) is 95.0 Å². The molecule has 1 amide bonds. The van der Waals surface area contributed by atoms with Crippen molar-refractivity contribution in [2.24, 2.45) is 0 Å². The van der Waals surface area contributed by atoms with E-state index in [9.17, 15) is 14.7 Å². The lowest BCUT2D eigenvalue weighted by atomic mass is 10.1. The Balaban J connectivity index is 1.52. The van der Waals surface area contributed by atoms with Gasteiger partial charge in [-0.1, -0.05) is 19.1 Å². The largest absolute Gasteiger partial charge is 0.497 e. The van der Waals surface area contributed by atoms with Gasteiger partial charge in [-0.3, -0.25) is 9.69 Å². The Labute approximate surface area is 199 Å². The number of carboxylic acid groups (broad SMARTS) is 1. The lowest BCUT2D eigenvalue weighted by Crippen LogP contribution is -2.46. The zero-order chi connectivity index (χ0) is 24.1. The van der Waals surface area contributed by atoms with Crippen LogP contribution in [0.4, 0.5) is 11.5 Å². The third-order valence-electron chi connectivity index (χ3n) is 6.07. The number of ether oxygens (including phenoxy) is 1. The molecule has 0 atom stereocenters. The van der Waals surface area contributed by atoms with E-state index in [2.05, 4.69) is 22.0 Å². The number of nitrogens with zero attached hydrogens (tertiary/aromatic N) is 3. The molecule has 1 saturated heterocycles. The highest BCUT2D eigenvalue weighted by atomic mass is 16.5. The number of pyridine rings is 1. The molecule has 8 heteroatoms. The number of anilines is 2. The summed E-state index contributed by atoms with van der Waals surface area (Å²) in [6, 6.07) is 14.2. The minimum absolute atomic E-state index is 0.183. The zero-order valence-corrected chi connectivity index (χ0v) is 19.6. The second-order valence-corrected chi connectivity index (χ2v) is 8.47. The molecule has 0 bridgehead atoms. The number of piperazine rings is 1. The molecule has 0 unspecified atom stereocenters. The van der Waals surface area contributed by atoms with Crippen molar-refractivity contribution in [3.63, 3.8) is 0 Å². The first-order valence-corrected chi connectivity index (χ1v) is 11.5. The molecule has 0 saturated carbocycles. The molecular weight excluding hydrogens is 432 g/mol. The van der Waals surface area contributed by atoms with Gasteiger partial charge in [0.1, 0.15) is 11.6 Å². The van der Waals surface area contributed by atoms with Crippen LogP contribution < -0.4 is 15.0 Å². The minimum Gasteiger partial charge on any atom is -0.497 e. The summed E-state index contributed by atoms with van der Waals surface area (Å²) in [4.78, 5) is 33.9. The summed E-state index contributed by atoms with van der Waals surface area (Å²) in [7, 11) is 1.60. The number of benzene rings is 2. The van der Waals surface area contributed by atoms with Gasteiger partial charge in [0.15, 0.2) is 0 Å². The summed E-state index contributed by atoms with van der Waals surface area (Å²) in [6.45, 7) is 6.76. The number of carbonyl (C=O) groups is 2. The number of hydrogen-bond donors (Lipinski definition) is 2. The van der Waals surface area contributed by atoms with Gasteiger partial charge in [-0.15, -0.1) is 0 Å². The molecule has 1 aromatic heterocycles. The van der Waals surface area contributed by atoms with Gasteiger partial charge in [0.05, 0.1) is 24.6 Å². The van der Waals surface area contributed by atoms with Crippen LogP contribution in [0, 0.1) is 0 Å². The van der Waals surface area contributed by atoms with Crippen LogP contribution >= 0.6 is 0 Å². The maximum Gasteiger partial charge on any atom is 0.336 e. The minimum atomic E-state index is -1.01. The van der Waals surface area contributed by atoms with Crippen LogP contribution in [-0.4, -0.2) is 66.7 Å². The Morgan fingerprint density at radius 1 is 1.06 bits per heavy atom. The smallest absolute Gasteiger partial charge is 0.336 e. The van der Waals surface area contributed by atoms with Crippen molar-refractivity contribution in [2.75, 3.05) is 50.1 Å². The molecule has 34 heavy (non-hydrogen) atoms. The number of methoxy groups -OCH3 is 1. The molecule has 8 nitrogen and oxygen atoms in total. The Morgan fingerprint density at radius 3 is 2.44 bits per heavy atom. The molecule has 2 heterocycles. The molecule has 2 aromatic carbocycles. The summed E-state index contributed by atoms with van der Waals surface area (Å²) in [6.07, 6.45) is 1.32. The Kier molecular flexibility index (Phi) is 7.27. The van der Waals surface area contributed by atoms with Gasteiger partial charge >= 0.3 is 5.97 Å². The number of rotatable bonds is 8. The van der Waals surface area contributed by atoms with E-state index >= 15 is 0 Å². The van der Waals surface area contributed by atoms with E-state index in [1.165, 1.54) is 0 Å². The van der Waals surface area contributed by atoms with Crippen molar-refractivity contribution in [3.8, 4) is 5.75 Å². The van der Waals surface area contributed by atoms with Gasteiger partial charge in [0.2, 0.25) is 5.91 Å². The molecule has 1 aliphatic rings. The van der Waals surface area contributed by atoms with Crippen LogP contribution in [-0.2, 0) is 11.2 Å². The number of carbonyl (C=O) groups excluding carboxylic acids is 1. The first-order chi connectivity index (χ1) is 16.5. The van der Waals surface area contributed by atoms with Crippen LogP contribution in [0.2, 0.25) is 0 Å². The average molecular weight is 463 g/mol. The number of carboxylic acids is 1. The van der Waals surface area contributed by atoms with Gasteiger partial charge in [-0.2, -0.15) is 0 Å². The predicted molar refractivity (Wildman–Crippen MR) is 133 cm³/mol. The van der Waals surface area contributed by atoms with E-state index < -0.39 is 5.97 Å². The van der Waals surface area contributed by atoms with Crippen LogP contribution in [0.25, 0.3) is 10.9 Å². The Bertz CT molecular complexity index is 1170. The van der Waals surface area contributed by atoms with E-state index in [1.807, 2.05) is 24.3 Å². The van der Waals surface area contributed by atoms with Gasteiger partial charge in [0.25, 0.3) is 0 Å². The summed E-state index contributed by atoms with van der Waals surface area (Å²) in [5.41, 5.74) is 2.17. The number of fused-ring (bicyclic) bond motifs is 1. The lowest BCUT2D eigenvalue weighted by molar-refractivity contribution is -0.115. The molecule has 0 aliphatic carbocycles. The lowest BCUT2D eigenvalue weighted by Gasteiger charge is -2.35. The molecule has 3 aromatic rings. The molecule has 4 rings (SSSR count). The summed E-state index contributed by atoms with van der Waals surface area (Å²) in [5.74, 6) is 0.211. The summed E-state index contributed by atoms with van der Waals surface area (Å²) < 4.78 is 5.14. The van der Waals surface area contributed by atoms with Gasteiger partial charge < -0.3 is 20.1 Å². The second-order valence-electron chi connectivity index (χ2n) is 8.47. The normalized spacial score (nSPS) is 14.2. The highest BCUT2D eigenvalue weighted by Crippen LogP contribution is 2.27. The van der Waals surface area contributed by atoms with Crippen molar-refractivity contribution in [1.29, 1.82) is 0 Å². The quantitative estimate of drug-likeness (QED) is 0.528. The highest BCUT2D eigenvalue weighted by Gasteiger charge is 2.20. The molecule has 0 radical (unpaired) electrons. The van der Waals surface area contributed by atoms with E-state index in [4.69, 9.17) is 9.72 Å². The molecular formula is C26H30N4O4. The van der Waals surface area contributed by atoms with Crippen molar-refractivity contribution in [2.45, 2.75) is 19.8 Å². The molecule has 2 N–H and O–H groups in total.